The highest BCUT2D eigenvalue weighted by molar-refractivity contribution is 6.33. The van der Waals surface area contributed by atoms with E-state index < -0.39 is 0 Å². The summed E-state index contributed by atoms with van der Waals surface area (Å²) in [5.41, 5.74) is 0.610. The Balaban J connectivity index is 2.91. The smallest absolute Gasteiger partial charge is 0.222 e. The summed E-state index contributed by atoms with van der Waals surface area (Å²) in [6.45, 7) is 1.25. The molecule has 0 saturated carbocycles. The van der Waals surface area contributed by atoms with Gasteiger partial charge in [-0.2, -0.15) is 0 Å². The Labute approximate surface area is 80.6 Å². The topological polar surface area (TPSA) is 62.2 Å². The van der Waals surface area contributed by atoms with Crippen LogP contribution in [0.4, 0.5) is 5.82 Å². The SMILES string of the molecule is CC(=O)Nc1ncc(CO)cc1Cl. The molecule has 0 aliphatic heterocycles. The lowest BCUT2D eigenvalue weighted by molar-refractivity contribution is -0.114. The van der Waals surface area contributed by atoms with Gasteiger partial charge in [-0.25, -0.2) is 4.98 Å². The van der Waals surface area contributed by atoms with E-state index in [1.54, 1.807) is 6.07 Å². The van der Waals surface area contributed by atoms with E-state index in [4.69, 9.17) is 16.7 Å². The number of amides is 1. The minimum absolute atomic E-state index is 0.118. The molecule has 1 aromatic rings. The van der Waals surface area contributed by atoms with Crippen molar-refractivity contribution in [2.45, 2.75) is 13.5 Å². The number of pyridine rings is 1. The number of aromatic nitrogens is 1. The summed E-state index contributed by atoms with van der Waals surface area (Å²) in [6, 6.07) is 1.56. The summed E-state index contributed by atoms with van der Waals surface area (Å²) < 4.78 is 0. The predicted octanol–water partition coefficient (Wildman–Crippen LogP) is 1.19. The van der Waals surface area contributed by atoms with Crippen molar-refractivity contribution in [2.24, 2.45) is 0 Å². The zero-order chi connectivity index (χ0) is 9.84. The van der Waals surface area contributed by atoms with Gasteiger partial charge in [0, 0.05) is 13.1 Å². The van der Waals surface area contributed by atoms with Crippen molar-refractivity contribution >= 4 is 23.3 Å². The van der Waals surface area contributed by atoms with Crippen LogP contribution in [0.25, 0.3) is 0 Å². The molecule has 0 aliphatic rings. The lowest BCUT2D eigenvalue weighted by atomic mass is 10.3. The maximum absolute atomic E-state index is 10.7. The van der Waals surface area contributed by atoms with E-state index in [0.717, 1.165) is 0 Å². The Morgan fingerprint density at radius 3 is 2.92 bits per heavy atom. The Bertz CT molecular complexity index is 328. The fourth-order valence-corrected chi connectivity index (χ4v) is 1.06. The van der Waals surface area contributed by atoms with Gasteiger partial charge in [-0.1, -0.05) is 11.6 Å². The van der Waals surface area contributed by atoms with Crippen LogP contribution in [0, 0.1) is 0 Å². The monoisotopic (exact) mass is 200 g/mol. The average molecular weight is 201 g/mol. The zero-order valence-electron chi connectivity index (χ0n) is 7.04. The van der Waals surface area contributed by atoms with Gasteiger partial charge >= 0.3 is 0 Å². The average Bonchev–Trinajstić information content (AvgIpc) is 2.08. The molecule has 2 N–H and O–H groups in total. The van der Waals surface area contributed by atoms with Gasteiger partial charge in [-0.15, -0.1) is 0 Å². The number of anilines is 1. The van der Waals surface area contributed by atoms with Gasteiger partial charge in [0.25, 0.3) is 0 Å². The molecule has 4 nitrogen and oxygen atoms in total. The fourth-order valence-electron chi connectivity index (χ4n) is 0.823. The molecule has 0 atom stereocenters. The Morgan fingerprint density at radius 1 is 1.77 bits per heavy atom. The van der Waals surface area contributed by atoms with Crippen LogP contribution in [-0.4, -0.2) is 16.0 Å². The van der Waals surface area contributed by atoms with Crippen LogP contribution >= 0.6 is 11.6 Å². The van der Waals surface area contributed by atoms with E-state index in [2.05, 4.69) is 10.3 Å². The second-order valence-corrected chi connectivity index (χ2v) is 2.92. The zero-order valence-corrected chi connectivity index (χ0v) is 7.80. The predicted molar refractivity (Wildman–Crippen MR) is 49.5 cm³/mol. The Kier molecular flexibility index (Phi) is 3.22. The summed E-state index contributed by atoms with van der Waals surface area (Å²) in [6.07, 6.45) is 1.46. The maximum Gasteiger partial charge on any atom is 0.222 e. The quantitative estimate of drug-likeness (QED) is 0.754. The van der Waals surface area contributed by atoms with E-state index in [-0.39, 0.29) is 12.5 Å². The number of halogens is 1. The van der Waals surface area contributed by atoms with Crippen LogP contribution in [0.1, 0.15) is 12.5 Å². The number of nitrogens with one attached hydrogen (secondary N) is 1. The third-order valence-corrected chi connectivity index (χ3v) is 1.66. The highest BCUT2D eigenvalue weighted by Gasteiger charge is 2.03. The molecule has 0 aromatic carbocycles. The molecule has 0 bridgehead atoms. The number of carbonyl (C=O) groups excluding carboxylic acids is 1. The number of aliphatic hydroxyl groups excluding tert-OH is 1. The van der Waals surface area contributed by atoms with Crippen LogP contribution in [0.2, 0.25) is 5.02 Å². The van der Waals surface area contributed by atoms with E-state index in [1.807, 2.05) is 0 Å². The number of hydrogen-bond acceptors (Lipinski definition) is 3. The maximum atomic E-state index is 10.7. The summed E-state index contributed by atoms with van der Waals surface area (Å²) in [4.78, 5) is 14.5. The number of nitrogens with zero attached hydrogens (tertiary/aromatic N) is 1. The summed E-state index contributed by atoms with van der Waals surface area (Å²) >= 11 is 5.76. The highest BCUT2D eigenvalue weighted by Crippen LogP contribution is 2.19. The molecule has 1 amide bonds. The van der Waals surface area contributed by atoms with E-state index in [0.29, 0.717) is 16.4 Å². The first-order valence-corrected chi connectivity index (χ1v) is 4.04. The van der Waals surface area contributed by atoms with Crippen LogP contribution < -0.4 is 5.32 Å². The van der Waals surface area contributed by atoms with Gasteiger partial charge in [0.1, 0.15) is 0 Å². The van der Waals surface area contributed by atoms with Gasteiger partial charge in [-0.05, 0) is 11.6 Å². The van der Waals surface area contributed by atoms with E-state index >= 15 is 0 Å². The molecule has 1 aromatic heterocycles. The molecule has 0 spiro atoms. The van der Waals surface area contributed by atoms with Crippen molar-refractivity contribution in [1.29, 1.82) is 0 Å². The molecule has 0 radical (unpaired) electrons. The molecular formula is C8H9ClN2O2. The van der Waals surface area contributed by atoms with Crippen molar-refractivity contribution in [2.75, 3.05) is 5.32 Å². The van der Waals surface area contributed by atoms with Crippen molar-refractivity contribution in [3.8, 4) is 0 Å². The second kappa shape index (κ2) is 4.20. The first kappa shape index (κ1) is 9.95. The van der Waals surface area contributed by atoms with Crippen LogP contribution in [-0.2, 0) is 11.4 Å². The minimum atomic E-state index is -0.230. The fraction of sp³-hybridized carbons (Fsp3) is 0.250. The highest BCUT2D eigenvalue weighted by atomic mass is 35.5. The second-order valence-electron chi connectivity index (χ2n) is 2.51. The minimum Gasteiger partial charge on any atom is -0.392 e. The normalized spacial score (nSPS) is 9.77. The molecule has 70 valence electrons. The van der Waals surface area contributed by atoms with Gasteiger partial charge in [-0.3, -0.25) is 4.79 Å². The molecular weight excluding hydrogens is 192 g/mol. The molecule has 0 fully saturated rings. The van der Waals surface area contributed by atoms with Crippen molar-refractivity contribution in [3.63, 3.8) is 0 Å². The molecule has 13 heavy (non-hydrogen) atoms. The standard InChI is InChI=1S/C8H9ClN2O2/c1-5(13)11-8-7(9)2-6(4-12)3-10-8/h2-3,12H,4H2,1H3,(H,10,11,13). The van der Waals surface area contributed by atoms with Crippen LogP contribution in [0.3, 0.4) is 0 Å². The lowest BCUT2D eigenvalue weighted by Gasteiger charge is -2.04. The Hall–Kier alpha value is -1.13. The Morgan fingerprint density at radius 2 is 2.46 bits per heavy atom. The number of carbonyl (C=O) groups is 1. The van der Waals surface area contributed by atoms with E-state index in [9.17, 15) is 4.79 Å². The molecule has 1 rings (SSSR count). The summed E-state index contributed by atoms with van der Waals surface area (Å²) in [7, 11) is 0. The third kappa shape index (κ3) is 2.68. The number of rotatable bonds is 2. The van der Waals surface area contributed by atoms with Crippen molar-refractivity contribution in [3.05, 3.63) is 22.8 Å². The summed E-state index contributed by atoms with van der Waals surface area (Å²) in [5, 5.41) is 11.5. The largest absolute Gasteiger partial charge is 0.392 e. The van der Waals surface area contributed by atoms with Gasteiger partial charge in [0.05, 0.1) is 11.6 Å². The van der Waals surface area contributed by atoms with Crippen molar-refractivity contribution < 1.29 is 9.90 Å². The lowest BCUT2D eigenvalue weighted by Crippen LogP contribution is -2.08. The van der Waals surface area contributed by atoms with Crippen LogP contribution in [0.15, 0.2) is 12.3 Å². The first-order valence-electron chi connectivity index (χ1n) is 3.66. The van der Waals surface area contributed by atoms with Gasteiger partial charge in [0.15, 0.2) is 5.82 Å². The molecule has 0 aliphatic carbocycles. The van der Waals surface area contributed by atoms with Gasteiger partial charge in [0.2, 0.25) is 5.91 Å². The number of hydrogen-bond donors (Lipinski definition) is 2. The van der Waals surface area contributed by atoms with Crippen LogP contribution in [0.5, 0.6) is 0 Å². The van der Waals surface area contributed by atoms with Gasteiger partial charge < -0.3 is 10.4 Å². The molecule has 5 heteroatoms. The molecule has 0 unspecified atom stereocenters. The van der Waals surface area contributed by atoms with Crippen molar-refractivity contribution in [1.82, 2.24) is 4.98 Å². The first-order chi connectivity index (χ1) is 6.13. The molecule has 0 saturated heterocycles. The summed E-state index contributed by atoms with van der Waals surface area (Å²) in [5.74, 6) is 0.0810. The molecule has 1 heterocycles. The number of aliphatic hydroxyl groups is 1. The third-order valence-electron chi connectivity index (χ3n) is 1.37. The van der Waals surface area contributed by atoms with E-state index in [1.165, 1.54) is 13.1 Å².